The van der Waals surface area contributed by atoms with Crippen molar-refractivity contribution in [1.82, 2.24) is 4.90 Å². The SMILES string of the molecule is COC(=O)[C@@H]([C@@H](O)c1ccccc1)N(C)C(=O)C(F)(F)F. The molecule has 0 aromatic heterocycles. The lowest BCUT2D eigenvalue weighted by molar-refractivity contribution is -0.191. The number of benzene rings is 1. The molecule has 116 valence electrons. The standard InChI is InChI=1S/C13H14F3NO4/c1-17(12(20)13(14,15)16)9(11(19)21-2)10(18)8-6-4-3-5-7-8/h3-7,9-10,18H,1-2H3/t9-,10+/m1/s1. The summed E-state index contributed by atoms with van der Waals surface area (Å²) in [5, 5.41) is 10.1. The van der Waals surface area contributed by atoms with Crippen LogP contribution < -0.4 is 0 Å². The first kappa shape index (κ1) is 17.0. The molecule has 0 heterocycles. The van der Waals surface area contributed by atoms with Gasteiger partial charge in [0.25, 0.3) is 0 Å². The van der Waals surface area contributed by atoms with Crippen LogP contribution in [0.1, 0.15) is 11.7 Å². The van der Waals surface area contributed by atoms with Crippen LogP contribution in [0.3, 0.4) is 0 Å². The zero-order valence-corrected chi connectivity index (χ0v) is 11.3. The van der Waals surface area contributed by atoms with Crippen molar-refractivity contribution in [2.75, 3.05) is 14.2 Å². The van der Waals surface area contributed by atoms with Gasteiger partial charge in [-0.1, -0.05) is 30.3 Å². The van der Waals surface area contributed by atoms with Gasteiger partial charge in [-0.15, -0.1) is 0 Å². The second kappa shape index (κ2) is 6.57. The van der Waals surface area contributed by atoms with Crippen LogP contribution in [-0.4, -0.2) is 48.3 Å². The number of alkyl halides is 3. The molecule has 0 aliphatic carbocycles. The van der Waals surface area contributed by atoms with Gasteiger partial charge >= 0.3 is 18.1 Å². The fourth-order valence-corrected chi connectivity index (χ4v) is 1.78. The molecule has 0 saturated carbocycles. The van der Waals surface area contributed by atoms with E-state index in [9.17, 15) is 27.9 Å². The summed E-state index contributed by atoms with van der Waals surface area (Å²) in [5.74, 6) is -3.39. The third kappa shape index (κ3) is 3.94. The van der Waals surface area contributed by atoms with Crippen molar-refractivity contribution in [3.63, 3.8) is 0 Å². The largest absolute Gasteiger partial charge is 0.471 e. The molecule has 0 bridgehead atoms. The van der Waals surface area contributed by atoms with Crippen molar-refractivity contribution < 1.29 is 32.6 Å². The summed E-state index contributed by atoms with van der Waals surface area (Å²) in [7, 11) is 1.74. The van der Waals surface area contributed by atoms with Gasteiger partial charge in [-0.25, -0.2) is 4.79 Å². The van der Waals surface area contributed by atoms with Gasteiger partial charge in [-0.3, -0.25) is 4.79 Å². The van der Waals surface area contributed by atoms with Gasteiger partial charge in [0.05, 0.1) is 7.11 Å². The van der Waals surface area contributed by atoms with Crippen molar-refractivity contribution in [2.45, 2.75) is 18.3 Å². The lowest BCUT2D eigenvalue weighted by Gasteiger charge is -2.30. The number of halogens is 3. The van der Waals surface area contributed by atoms with Crippen LogP contribution in [0.15, 0.2) is 30.3 Å². The van der Waals surface area contributed by atoms with E-state index >= 15 is 0 Å². The molecule has 21 heavy (non-hydrogen) atoms. The summed E-state index contributed by atoms with van der Waals surface area (Å²) in [4.78, 5) is 23.0. The fraction of sp³-hybridized carbons (Fsp3) is 0.385. The van der Waals surface area contributed by atoms with Crippen molar-refractivity contribution in [3.05, 3.63) is 35.9 Å². The number of hydrogen-bond donors (Lipinski definition) is 1. The maximum absolute atomic E-state index is 12.5. The zero-order chi connectivity index (χ0) is 16.2. The Morgan fingerprint density at radius 1 is 1.24 bits per heavy atom. The van der Waals surface area contributed by atoms with Crippen LogP contribution in [0.4, 0.5) is 13.2 Å². The minimum Gasteiger partial charge on any atom is -0.467 e. The Labute approximate surface area is 118 Å². The molecule has 0 aliphatic heterocycles. The molecular weight excluding hydrogens is 291 g/mol. The molecule has 8 heteroatoms. The molecule has 1 amide bonds. The van der Waals surface area contributed by atoms with E-state index < -0.39 is 30.2 Å². The quantitative estimate of drug-likeness (QED) is 0.851. The summed E-state index contributed by atoms with van der Waals surface area (Å²) < 4.78 is 41.8. The number of likely N-dealkylation sites (N-methyl/N-ethyl adjacent to an activating group) is 1. The van der Waals surface area contributed by atoms with Gasteiger partial charge in [-0.05, 0) is 5.56 Å². The van der Waals surface area contributed by atoms with Crippen LogP contribution in [0.2, 0.25) is 0 Å². The van der Waals surface area contributed by atoms with Crippen molar-refractivity contribution in [1.29, 1.82) is 0 Å². The van der Waals surface area contributed by atoms with Gasteiger partial charge in [0, 0.05) is 7.05 Å². The average Bonchev–Trinajstić information content (AvgIpc) is 2.46. The number of amides is 1. The smallest absolute Gasteiger partial charge is 0.467 e. The molecule has 0 aliphatic rings. The maximum atomic E-state index is 12.5. The van der Waals surface area contributed by atoms with Gasteiger partial charge in [0.2, 0.25) is 0 Å². The van der Waals surface area contributed by atoms with Crippen LogP contribution >= 0.6 is 0 Å². The summed E-state index contributed by atoms with van der Waals surface area (Å²) in [6, 6.07) is 5.76. The third-order valence-electron chi connectivity index (χ3n) is 2.86. The molecule has 1 aromatic carbocycles. The molecule has 5 nitrogen and oxygen atoms in total. The first-order valence-electron chi connectivity index (χ1n) is 5.85. The number of esters is 1. The Kier molecular flexibility index (Phi) is 5.31. The van der Waals surface area contributed by atoms with E-state index in [1.54, 1.807) is 18.2 Å². The number of aliphatic hydroxyl groups excluding tert-OH is 1. The lowest BCUT2D eigenvalue weighted by atomic mass is 10.0. The maximum Gasteiger partial charge on any atom is 0.471 e. The molecule has 0 fully saturated rings. The Bertz CT molecular complexity index is 504. The monoisotopic (exact) mass is 305 g/mol. The Morgan fingerprint density at radius 2 is 1.76 bits per heavy atom. The highest BCUT2D eigenvalue weighted by atomic mass is 19.4. The zero-order valence-electron chi connectivity index (χ0n) is 11.3. The summed E-state index contributed by atoms with van der Waals surface area (Å²) in [6.07, 6.45) is -6.80. The highest BCUT2D eigenvalue weighted by Gasteiger charge is 2.47. The Hall–Kier alpha value is -2.09. The molecule has 1 aromatic rings. The minimum absolute atomic E-state index is 0.128. The van der Waals surface area contributed by atoms with E-state index in [0.29, 0.717) is 0 Å². The van der Waals surface area contributed by atoms with Crippen LogP contribution in [-0.2, 0) is 14.3 Å². The molecule has 0 saturated heterocycles. The van der Waals surface area contributed by atoms with Gasteiger partial charge in [0.15, 0.2) is 6.04 Å². The Morgan fingerprint density at radius 3 is 2.19 bits per heavy atom. The second-order valence-electron chi connectivity index (χ2n) is 4.24. The van der Waals surface area contributed by atoms with Gasteiger partial charge in [-0.2, -0.15) is 13.2 Å². The highest BCUT2D eigenvalue weighted by Crippen LogP contribution is 2.25. The molecule has 2 atom stereocenters. The summed E-state index contributed by atoms with van der Waals surface area (Å²) in [5.41, 5.74) is 0.190. The van der Waals surface area contributed by atoms with Crippen molar-refractivity contribution in [3.8, 4) is 0 Å². The van der Waals surface area contributed by atoms with Gasteiger partial charge in [0.1, 0.15) is 6.10 Å². The molecule has 1 N–H and O–H groups in total. The molecule has 0 radical (unpaired) electrons. The van der Waals surface area contributed by atoms with Crippen LogP contribution in [0, 0.1) is 0 Å². The van der Waals surface area contributed by atoms with E-state index in [1.165, 1.54) is 12.1 Å². The predicted molar refractivity (Wildman–Crippen MR) is 66.0 cm³/mol. The topological polar surface area (TPSA) is 66.8 Å². The second-order valence-corrected chi connectivity index (χ2v) is 4.24. The normalized spacial score (nSPS) is 14.2. The third-order valence-corrected chi connectivity index (χ3v) is 2.86. The summed E-state index contributed by atoms with van der Waals surface area (Å²) in [6.45, 7) is 0. The van der Waals surface area contributed by atoms with Crippen LogP contribution in [0.5, 0.6) is 0 Å². The molecule has 1 rings (SSSR count). The number of aliphatic hydroxyl groups is 1. The van der Waals surface area contributed by atoms with E-state index in [2.05, 4.69) is 4.74 Å². The van der Waals surface area contributed by atoms with E-state index in [-0.39, 0.29) is 10.5 Å². The molecular formula is C13H14F3NO4. The number of hydrogen-bond acceptors (Lipinski definition) is 4. The molecule has 0 unspecified atom stereocenters. The number of ether oxygens (including phenoxy) is 1. The van der Waals surface area contributed by atoms with Crippen molar-refractivity contribution in [2.24, 2.45) is 0 Å². The number of carbonyl (C=O) groups is 2. The predicted octanol–water partition coefficient (Wildman–Crippen LogP) is 1.28. The first-order chi connectivity index (χ1) is 9.70. The van der Waals surface area contributed by atoms with Crippen LogP contribution in [0.25, 0.3) is 0 Å². The number of methoxy groups -OCH3 is 1. The first-order valence-corrected chi connectivity index (χ1v) is 5.85. The average molecular weight is 305 g/mol. The van der Waals surface area contributed by atoms with E-state index in [4.69, 9.17) is 0 Å². The highest BCUT2D eigenvalue weighted by molar-refractivity contribution is 5.87. The summed E-state index contributed by atoms with van der Waals surface area (Å²) >= 11 is 0. The minimum atomic E-state index is -5.16. The molecule has 0 spiro atoms. The number of carbonyl (C=O) groups excluding carboxylic acids is 2. The van der Waals surface area contributed by atoms with E-state index in [1.807, 2.05) is 0 Å². The van der Waals surface area contributed by atoms with E-state index in [0.717, 1.165) is 14.2 Å². The van der Waals surface area contributed by atoms with Gasteiger partial charge < -0.3 is 14.7 Å². The number of nitrogens with zero attached hydrogens (tertiary/aromatic N) is 1. The number of rotatable bonds is 4. The Balaban J connectivity index is 3.12. The fourth-order valence-electron chi connectivity index (χ4n) is 1.78. The van der Waals surface area contributed by atoms with Crippen molar-refractivity contribution >= 4 is 11.9 Å². The lowest BCUT2D eigenvalue weighted by Crippen LogP contribution is -2.51.